The number of nitrogens with one attached hydrogen (secondary N) is 2. The van der Waals surface area contributed by atoms with Crippen LogP contribution in [0.3, 0.4) is 0 Å². The van der Waals surface area contributed by atoms with Gasteiger partial charge in [-0.05, 0) is 44.9 Å². The molecule has 3 aromatic rings. The molecular formula is C28H28N4O4S. The van der Waals surface area contributed by atoms with Crippen LogP contribution in [0.15, 0.2) is 59.3 Å². The summed E-state index contributed by atoms with van der Waals surface area (Å²) in [5.41, 5.74) is 15.6. The first kappa shape index (κ1) is 27.6. The number of rotatable bonds is 8. The zero-order valence-corrected chi connectivity index (χ0v) is 20.8. The summed E-state index contributed by atoms with van der Waals surface area (Å²) >= 11 is 1.24. The number of carbonyl (C=O) groups is 2. The van der Waals surface area contributed by atoms with E-state index in [9.17, 15) is 19.8 Å². The first-order valence-corrected chi connectivity index (χ1v) is 12.4. The van der Waals surface area contributed by atoms with Crippen LogP contribution in [0.2, 0.25) is 0 Å². The summed E-state index contributed by atoms with van der Waals surface area (Å²) < 4.78 is 0. The minimum atomic E-state index is -1.31. The second-order valence-corrected chi connectivity index (χ2v) is 8.78. The third-order valence-electron chi connectivity index (χ3n) is 5.32. The summed E-state index contributed by atoms with van der Waals surface area (Å²) in [6, 6.07) is 15.0. The van der Waals surface area contributed by atoms with E-state index in [0.717, 1.165) is 22.3 Å². The maximum atomic E-state index is 12.1. The van der Waals surface area contributed by atoms with Gasteiger partial charge in [0.2, 0.25) is 0 Å². The number of amides is 2. The van der Waals surface area contributed by atoms with E-state index >= 15 is 0 Å². The minimum Gasteiger partial charge on any atom is -0.376 e. The topological polar surface area (TPSA) is 151 Å². The van der Waals surface area contributed by atoms with Crippen LogP contribution < -0.4 is 22.1 Å². The number of hydrogen-bond donors (Lipinski definition) is 6. The molecule has 9 heteroatoms. The highest BCUT2D eigenvalue weighted by Gasteiger charge is 2.17. The first-order chi connectivity index (χ1) is 17.9. The zero-order valence-electron chi connectivity index (χ0n) is 20.0. The Bertz CT molecular complexity index is 1260. The van der Waals surface area contributed by atoms with Gasteiger partial charge in [-0.25, -0.2) is 0 Å². The van der Waals surface area contributed by atoms with Crippen LogP contribution in [-0.2, 0) is 35.8 Å². The maximum absolute atomic E-state index is 12.1. The minimum absolute atomic E-state index is 0.274. The van der Waals surface area contributed by atoms with Gasteiger partial charge in [0.15, 0.2) is 0 Å². The number of carbonyl (C=O) groups excluding carboxylic acids is 2. The van der Waals surface area contributed by atoms with E-state index in [1.807, 2.05) is 48.5 Å². The molecule has 2 amide bonds. The van der Waals surface area contributed by atoms with Crippen LogP contribution in [0.5, 0.6) is 0 Å². The van der Waals surface area contributed by atoms with Crippen LogP contribution in [0.4, 0.5) is 0 Å². The predicted octanol–water partition coefficient (Wildman–Crippen LogP) is 1.37. The Hall–Kier alpha value is -3.96. The Morgan fingerprint density at radius 1 is 0.757 bits per heavy atom. The van der Waals surface area contributed by atoms with Crippen molar-refractivity contribution in [1.82, 2.24) is 10.6 Å². The van der Waals surface area contributed by atoms with E-state index in [1.165, 1.54) is 11.3 Å². The van der Waals surface area contributed by atoms with Crippen molar-refractivity contribution in [2.75, 3.05) is 0 Å². The number of benzene rings is 2. The molecule has 0 spiro atoms. The molecule has 0 aliphatic heterocycles. The normalized spacial score (nSPS) is 11.8. The molecule has 3 rings (SSSR count). The molecular weight excluding hydrogens is 488 g/mol. The molecule has 8 N–H and O–H groups in total. The molecule has 0 bridgehead atoms. The second-order valence-electron chi connectivity index (χ2n) is 8.04. The van der Waals surface area contributed by atoms with E-state index in [-0.39, 0.29) is 13.1 Å². The molecule has 37 heavy (non-hydrogen) atoms. The van der Waals surface area contributed by atoms with Crippen LogP contribution >= 0.6 is 11.3 Å². The van der Waals surface area contributed by atoms with E-state index in [4.69, 9.17) is 11.5 Å². The van der Waals surface area contributed by atoms with E-state index in [0.29, 0.717) is 24.2 Å². The molecule has 0 aliphatic rings. The highest BCUT2D eigenvalue weighted by Crippen LogP contribution is 2.27. The summed E-state index contributed by atoms with van der Waals surface area (Å²) in [7, 11) is 0. The second kappa shape index (κ2) is 14.0. The Morgan fingerprint density at radius 2 is 1.16 bits per heavy atom. The average Bonchev–Trinajstić information content (AvgIpc) is 3.43. The largest absolute Gasteiger partial charge is 0.376 e. The van der Waals surface area contributed by atoms with E-state index in [1.54, 1.807) is 10.8 Å². The van der Waals surface area contributed by atoms with Crippen LogP contribution in [0.25, 0.3) is 0 Å². The number of thiophene rings is 1. The molecule has 2 aromatic carbocycles. The lowest BCUT2D eigenvalue weighted by atomic mass is 10.0. The lowest BCUT2D eigenvalue weighted by Gasteiger charge is -2.08. The number of nitrogens with two attached hydrogens (primary N) is 2. The standard InChI is InChI=1S/C28H28N4O4S/c29-13-19-3-1-5-21(11-19)15-31-27(35)9-7-25(33)23-17-37-18-24(23)26(34)8-10-28(36)32-16-22-6-2-4-20(12-22)14-30/h1-6,11-12,17-18,25-26,33-34H,13-16,29-30H2,(H,31,35)(H,32,36). The highest BCUT2D eigenvalue weighted by atomic mass is 32.1. The smallest absolute Gasteiger partial charge is 0.296 e. The lowest BCUT2D eigenvalue weighted by molar-refractivity contribution is -0.116. The van der Waals surface area contributed by atoms with Crippen molar-refractivity contribution >= 4 is 23.2 Å². The quantitative estimate of drug-likeness (QED) is 0.249. The van der Waals surface area contributed by atoms with Crippen LogP contribution in [0, 0.1) is 23.7 Å². The molecule has 8 nitrogen and oxygen atoms in total. The lowest BCUT2D eigenvalue weighted by Crippen LogP contribution is -2.21. The molecule has 1 heterocycles. The van der Waals surface area contributed by atoms with Gasteiger partial charge in [-0.1, -0.05) is 60.4 Å². The summed E-state index contributed by atoms with van der Waals surface area (Å²) in [6.45, 7) is 1.36. The van der Waals surface area contributed by atoms with Gasteiger partial charge in [0, 0.05) is 37.3 Å². The molecule has 0 saturated carbocycles. The zero-order chi connectivity index (χ0) is 26.6. The van der Waals surface area contributed by atoms with Crippen LogP contribution in [-0.4, -0.2) is 22.0 Å². The third kappa shape index (κ3) is 8.58. The number of aliphatic hydroxyl groups is 2. The SMILES string of the molecule is NCc1cccc(CNC(=O)C#CC(O)c2cscc2C(O)C#CC(=O)NCc2cccc(CN)c2)c1. The monoisotopic (exact) mass is 516 g/mol. The Balaban J connectivity index is 1.55. The van der Waals surface area contributed by atoms with Crippen molar-refractivity contribution < 1.29 is 19.8 Å². The van der Waals surface area contributed by atoms with Gasteiger partial charge in [-0.3, -0.25) is 9.59 Å². The van der Waals surface area contributed by atoms with Crippen molar-refractivity contribution in [2.24, 2.45) is 11.5 Å². The fourth-order valence-electron chi connectivity index (χ4n) is 3.37. The highest BCUT2D eigenvalue weighted by molar-refractivity contribution is 7.08. The van der Waals surface area contributed by atoms with Gasteiger partial charge in [-0.15, -0.1) is 0 Å². The van der Waals surface area contributed by atoms with Gasteiger partial charge >= 0.3 is 0 Å². The third-order valence-corrected chi connectivity index (χ3v) is 6.10. The van der Waals surface area contributed by atoms with Gasteiger partial charge in [0.25, 0.3) is 11.8 Å². The molecule has 2 unspecified atom stereocenters. The predicted molar refractivity (Wildman–Crippen MR) is 142 cm³/mol. The van der Waals surface area contributed by atoms with E-state index in [2.05, 4.69) is 34.3 Å². The van der Waals surface area contributed by atoms with Crippen molar-refractivity contribution in [2.45, 2.75) is 38.4 Å². The molecule has 0 radical (unpaired) electrons. The average molecular weight is 517 g/mol. The van der Waals surface area contributed by atoms with Crippen molar-refractivity contribution in [3.8, 4) is 23.7 Å². The van der Waals surface area contributed by atoms with Crippen molar-refractivity contribution in [1.29, 1.82) is 0 Å². The van der Waals surface area contributed by atoms with Gasteiger partial charge in [0.1, 0.15) is 12.2 Å². The van der Waals surface area contributed by atoms with Crippen molar-refractivity contribution in [3.05, 3.63) is 92.7 Å². The molecule has 190 valence electrons. The van der Waals surface area contributed by atoms with E-state index < -0.39 is 24.0 Å². The van der Waals surface area contributed by atoms with Gasteiger partial charge in [0.05, 0.1) is 0 Å². The molecule has 1 aromatic heterocycles. The Labute approximate surface area is 219 Å². The number of aliphatic hydroxyl groups excluding tert-OH is 2. The van der Waals surface area contributed by atoms with Gasteiger partial charge < -0.3 is 32.3 Å². The maximum Gasteiger partial charge on any atom is 0.296 e. The summed E-state index contributed by atoms with van der Waals surface area (Å²) in [5.74, 6) is 8.60. The van der Waals surface area contributed by atoms with Gasteiger partial charge in [-0.2, -0.15) is 11.3 Å². The number of hydrogen-bond acceptors (Lipinski definition) is 7. The Kier molecular flexibility index (Phi) is 10.4. The summed E-state index contributed by atoms with van der Waals surface area (Å²) in [5, 5.41) is 29.5. The van der Waals surface area contributed by atoms with Crippen LogP contribution in [0.1, 0.15) is 45.6 Å². The molecule has 0 aliphatic carbocycles. The van der Waals surface area contributed by atoms with Crippen molar-refractivity contribution in [3.63, 3.8) is 0 Å². The summed E-state index contributed by atoms with van der Waals surface area (Å²) in [6.07, 6.45) is -2.62. The molecule has 0 saturated heterocycles. The fraction of sp³-hybridized carbons (Fsp3) is 0.214. The fourth-order valence-corrected chi connectivity index (χ4v) is 4.26. The molecule has 2 atom stereocenters. The molecule has 0 fully saturated rings. The summed E-state index contributed by atoms with van der Waals surface area (Å²) in [4.78, 5) is 24.2. The first-order valence-electron chi connectivity index (χ1n) is 11.5. The Morgan fingerprint density at radius 3 is 1.57 bits per heavy atom.